The average Bonchev–Trinajstić information content (AvgIpc) is 2.13. The Morgan fingerprint density at radius 3 is 2.79 bits per heavy atom. The lowest BCUT2D eigenvalue weighted by atomic mass is 10.1. The van der Waals surface area contributed by atoms with Crippen molar-refractivity contribution in [2.24, 2.45) is 0 Å². The van der Waals surface area contributed by atoms with Gasteiger partial charge in [-0.15, -0.1) is 0 Å². The molecule has 3 nitrogen and oxygen atoms in total. The molecule has 0 aliphatic rings. The summed E-state index contributed by atoms with van der Waals surface area (Å²) in [6.07, 6.45) is 0. The second kappa shape index (κ2) is 4.46. The van der Waals surface area contributed by atoms with Gasteiger partial charge in [0.2, 0.25) is 0 Å². The Balaban J connectivity index is 3.18. The predicted molar refractivity (Wildman–Crippen MR) is 59.2 cm³/mol. The van der Waals surface area contributed by atoms with Crippen molar-refractivity contribution in [2.45, 2.75) is 13.8 Å². The minimum atomic E-state index is -0.343. The number of rotatable bonds is 2. The van der Waals surface area contributed by atoms with Crippen LogP contribution in [0.2, 0.25) is 0 Å². The van der Waals surface area contributed by atoms with Gasteiger partial charge in [0.15, 0.2) is 0 Å². The van der Waals surface area contributed by atoms with Gasteiger partial charge in [-0.3, -0.25) is 0 Å². The topological polar surface area (TPSA) is 52.3 Å². The Kier molecular flexibility index (Phi) is 3.52. The summed E-state index contributed by atoms with van der Waals surface area (Å²) in [5, 5.41) is 0. The molecule has 1 rings (SSSR count). The van der Waals surface area contributed by atoms with Crippen molar-refractivity contribution in [3.8, 4) is 0 Å². The first kappa shape index (κ1) is 11.0. The maximum atomic E-state index is 11.5. The van der Waals surface area contributed by atoms with Crippen LogP contribution in [-0.4, -0.2) is 12.6 Å². The number of nitrogens with two attached hydrogens (primary N) is 1. The van der Waals surface area contributed by atoms with E-state index in [0.29, 0.717) is 22.3 Å². The number of ether oxygens (including phenoxy) is 1. The number of halogens is 1. The standard InChI is InChI=1S/C10H12BrNO2/c1-3-14-10(13)8-6(2)4-5-7(12)9(8)11/h4-5H,3,12H2,1-2H3. The van der Waals surface area contributed by atoms with Crippen LogP contribution in [0.15, 0.2) is 16.6 Å². The van der Waals surface area contributed by atoms with Crippen LogP contribution in [0.25, 0.3) is 0 Å². The minimum Gasteiger partial charge on any atom is -0.462 e. The molecule has 0 saturated heterocycles. The lowest BCUT2D eigenvalue weighted by molar-refractivity contribution is 0.0524. The zero-order chi connectivity index (χ0) is 10.7. The summed E-state index contributed by atoms with van der Waals surface area (Å²) in [6, 6.07) is 3.55. The summed E-state index contributed by atoms with van der Waals surface area (Å²) in [7, 11) is 0. The number of aryl methyl sites for hydroxylation is 1. The maximum Gasteiger partial charge on any atom is 0.339 e. The van der Waals surface area contributed by atoms with Crippen LogP contribution >= 0.6 is 15.9 Å². The molecule has 0 fully saturated rings. The van der Waals surface area contributed by atoms with Gasteiger partial charge >= 0.3 is 5.97 Å². The lowest BCUT2D eigenvalue weighted by Crippen LogP contribution is -2.08. The molecule has 1 aromatic rings. The second-order valence-corrected chi connectivity index (χ2v) is 3.67. The maximum absolute atomic E-state index is 11.5. The second-order valence-electron chi connectivity index (χ2n) is 2.88. The van der Waals surface area contributed by atoms with E-state index >= 15 is 0 Å². The number of benzene rings is 1. The largest absolute Gasteiger partial charge is 0.462 e. The van der Waals surface area contributed by atoms with E-state index in [4.69, 9.17) is 10.5 Å². The molecule has 0 aliphatic heterocycles. The zero-order valence-electron chi connectivity index (χ0n) is 8.13. The van der Waals surface area contributed by atoms with Gasteiger partial charge < -0.3 is 10.5 Å². The Morgan fingerprint density at radius 1 is 1.57 bits per heavy atom. The van der Waals surface area contributed by atoms with Gasteiger partial charge in [-0.1, -0.05) is 6.07 Å². The van der Waals surface area contributed by atoms with Crippen molar-refractivity contribution < 1.29 is 9.53 Å². The first-order valence-electron chi connectivity index (χ1n) is 4.29. The molecule has 4 heteroatoms. The summed E-state index contributed by atoms with van der Waals surface area (Å²) in [5.74, 6) is -0.343. The Bertz CT molecular complexity index is 363. The van der Waals surface area contributed by atoms with Crippen LogP contribution < -0.4 is 5.73 Å². The third kappa shape index (κ3) is 2.07. The fraction of sp³-hybridized carbons (Fsp3) is 0.300. The Labute approximate surface area is 91.4 Å². The summed E-state index contributed by atoms with van der Waals surface area (Å²) in [5.41, 5.74) is 7.57. The third-order valence-electron chi connectivity index (χ3n) is 1.86. The number of carbonyl (C=O) groups is 1. The summed E-state index contributed by atoms with van der Waals surface area (Å²) in [4.78, 5) is 11.5. The van der Waals surface area contributed by atoms with E-state index in [1.807, 2.05) is 6.92 Å². The zero-order valence-corrected chi connectivity index (χ0v) is 9.72. The monoisotopic (exact) mass is 257 g/mol. The molecular formula is C10H12BrNO2. The molecule has 0 aromatic heterocycles. The van der Waals surface area contributed by atoms with Gasteiger partial charge in [0.1, 0.15) is 0 Å². The molecule has 0 atom stereocenters. The fourth-order valence-corrected chi connectivity index (χ4v) is 1.75. The van der Waals surface area contributed by atoms with E-state index < -0.39 is 0 Å². The molecule has 76 valence electrons. The van der Waals surface area contributed by atoms with Crippen LogP contribution in [-0.2, 0) is 4.74 Å². The smallest absolute Gasteiger partial charge is 0.339 e. The highest BCUT2D eigenvalue weighted by Crippen LogP contribution is 2.27. The highest BCUT2D eigenvalue weighted by atomic mass is 79.9. The van der Waals surface area contributed by atoms with Gasteiger partial charge in [-0.05, 0) is 41.4 Å². The number of hydrogen-bond donors (Lipinski definition) is 1. The van der Waals surface area contributed by atoms with Gasteiger partial charge in [-0.25, -0.2) is 4.79 Å². The van der Waals surface area contributed by atoms with Gasteiger partial charge in [0.25, 0.3) is 0 Å². The summed E-state index contributed by atoms with van der Waals surface area (Å²) in [6.45, 7) is 3.98. The minimum absolute atomic E-state index is 0.343. The molecule has 14 heavy (non-hydrogen) atoms. The SMILES string of the molecule is CCOC(=O)c1c(C)ccc(N)c1Br. The number of anilines is 1. The van der Waals surface area contributed by atoms with E-state index in [1.165, 1.54) is 0 Å². The van der Waals surface area contributed by atoms with Crippen LogP contribution in [0.3, 0.4) is 0 Å². The van der Waals surface area contributed by atoms with Gasteiger partial charge in [0.05, 0.1) is 16.6 Å². The number of nitrogen functional groups attached to an aromatic ring is 1. The van der Waals surface area contributed by atoms with Crippen molar-refractivity contribution in [3.05, 3.63) is 27.7 Å². The van der Waals surface area contributed by atoms with Crippen molar-refractivity contribution in [1.29, 1.82) is 0 Å². The van der Waals surface area contributed by atoms with Crippen molar-refractivity contribution >= 4 is 27.6 Å². The molecule has 0 radical (unpaired) electrons. The van der Waals surface area contributed by atoms with E-state index in [2.05, 4.69) is 15.9 Å². The van der Waals surface area contributed by atoms with Crippen LogP contribution in [0.1, 0.15) is 22.8 Å². The summed E-state index contributed by atoms with van der Waals surface area (Å²) < 4.78 is 5.53. The molecule has 0 saturated carbocycles. The predicted octanol–water partition coefficient (Wildman–Crippen LogP) is 2.52. The average molecular weight is 258 g/mol. The van der Waals surface area contributed by atoms with Crippen LogP contribution in [0.5, 0.6) is 0 Å². The van der Waals surface area contributed by atoms with E-state index in [1.54, 1.807) is 19.1 Å². The first-order valence-corrected chi connectivity index (χ1v) is 5.09. The molecule has 0 heterocycles. The van der Waals surface area contributed by atoms with E-state index in [-0.39, 0.29) is 5.97 Å². The van der Waals surface area contributed by atoms with Crippen LogP contribution in [0, 0.1) is 6.92 Å². The number of esters is 1. The van der Waals surface area contributed by atoms with E-state index in [0.717, 1.165) is 5.56 Å². The highest BCUT2D eigenvalue weighted by molar-refractivity contribution is 9.10. The van der Waals surface area contributed by atoms with Crippen molar-refractivity contribution in [3.63, 3.8) is 0 Å². The summed E-state index contributed by atoms with van der Waals surface area (Å²) >= 11 is 3.28. The molecule has 0 bridgehead atoms. The molecule has 0 spiro atoms. The van der Waals surface area contributed by atoms with Crippen molar-refractivity contribution in [1.82, 2.24) is 0 Å². The van der Waals surface area contributed by atoms with Crippen LogP contribution in [0.4, 0.5) is 5.69 Å². The fourth-order valence-electron chi connectivity index (χ4n) is 1.14. The normalized spacial score (nSPS) is 9.93. The first-order chi connectivity index (χ1) is 6.57. The van der Waals surface area contributed by atoms with E-state index in [9.17, 15) is 4.79 Å². The quantitative estimate of drug-likeness (QED) is 0.655. The van der Waals surface area contributed by atoms with Crippen molar-refractivity contribution in [2.75, 3.05) is 12.3 Å². The molecule has 2 N–H and O–H groups in total. The Morgan fingerprint density at radius 2 is 2.21 bits per heavy atom. The molecule has 0 aliphatic carbocycles. The molecule has 0 amide bonds. The Hall–Kier alpha value is -1.03. The number of hydrogen-bond acceptors (Lipinski definition) is 3. The third-order valence-corrected chi connectivity index (χ3v) is 2.71. The van der Waals surface area contributed by atoms with Gasteiger partial charge in [0, 0.05) is 5.69 Å². The molecular weight excluding hydrogens is 246 g/mol. The number of carbonyl (C=O) groups excluding carboxylic acids is 1. The lowest BCUT2D eigenvalue weighted by Gasteiger charge is -2.09. The molecule has 1 aromatic carbocycles. The highest BCUT2D eigenvalue weighted by Gasteiger charge is 2.15. The molecule has 0 unspecified atom stereocenters. The van der Waals surface area contributed by atoms with Gasteiger partial charge in [-0.2, -0.15) is 0 Å².